The van der Waals surface area contributed by atoms with Crippen molar-refractivity contribution in [3.63, 3.8) is 0 Å². The van der Waals surface area contributed by atoms with Crippen LogP contribution in [0.3, 0.4) is 0 Å². The van der Waals surface area contributed by atoms with Crippen LogP contribution in [0.15, 0.2) is 0 Å². The lowest BCUT2D eigenvalue weighted by atomic mass is 9.85. The summed E-state index contributed by atoms with van der Waals surface area (Å²) >= 11 is 0. The van der Waals surface area contributed by atoms with E-state index in [2.05, 4.69) is 5.32 Å². The van der Waals surface area contributed by atoms with E-state index in [0.29, 0.717) is 0 Å². The molecule has 1 fully saturated rings. The molecule has 98 valence electrons. The Morgan fingerprint density at radius 1 is 1.35 bits per heavy atom. The molecule has 0 saturated heterocycles. The zero-order valence-corrected chi connectivity index (χ0v) is 9.76. The Hall–Kier alpha value is -1.14. The van der Waals surface area contributed by atoms with Crippen molar-refractivity contribution in [2.45, 2.75) is 44.2 Å². The highest BCUT2D eigenvalue weighted by Crippen LogP contribution is 2.23. The highest BCUT2D eigenvalue weighted by atomic mass is 16.4. The van der Waals surface area contributed by atoms with Crippen molar-refractivity contribution in [2.75, 3.05) is 6.61 Å². The van der Waals surface area contributed by atoms with Gasteiger partial charge in [0, 0.05) is 18.6 Å². The van der Waals surface area contributed by atoms with Crippen LogP contribution in [0.5, 0.6) is 0 Å². The maximum atomic E-state index is 11.6. The van der Waals surface area contributed by atoms with Gasteiger partial charge < -0.3 is 21.3 Å². The molecule has 17 heavy (non-hydrogen) atoms. The number of aliphatic hydroxyl groups is 1. The fourth-order valence-corrected chi connectivity index (χ4v) is 2.19. The number of carbonyl (C=O) groups is 2. The average molecular weight is 244 g/mol. The van der Waals surface area contributed by atoms with E-state index in [1.165, 1.54) is 0 Å². The molecular formula is C11H20N2O4. The molecule has 0 bridgehead atoms. The lowest BCUT2D eigenvalue weighted by Crippen LogP contribution is -2.50. The lowest BCUT2D eigenvalue weighted by Gasteiger charge is -2.31. The molecule has 6 heteroatoms. The Kier molecular flexibility index (Phi) is 5.37. The Balaban J connectivity index is 2.45. The molecule has 0 aliphatic heterocycles. The minimum atomic E-state index is -1.09. The minimum Gasteiger partial charge on any atom is -0.481 e. The number of aliphatic hydroxyl groups excluding tert-OH is 1. The Morgan fingerprint density at radius 3 is 2.59 bits per heavy atom. The number of carboxylic acids is 1. The van der Waals surface area contributed by atoms with E-state index in [1.807, 2.05) is 0 Å². The van der Waals surface area contributed by atoms with Crippen molar-refractivity contribution in [1.29, 1.82) is 0 Å². The van der Waals surface area contributed by atoms with Crippen LogP contribution >= 0.6 is 0 Å². The number of hydrogen-bond acceptors (Lipinski definition) is 4. The standard InChI is InChI=1S/C11H20N2O4/c12-8(5-10(15)16)11(17)13-9-4-2-1-3-7(9)6-14/h7-9,14H,1-6,12H2,(H,13,17)(H,15,16). The second kappa shape index (κ2) is 6.56. The van der Waals surface area contributed by atoms with Gasteiger partial charge in [-0.05, 0) is 12.8 Å². The predicted molar refractivity (Wildman–Crippen MR) is 61.2 cm³/mol. The maximum Gasteiger partial charge on any atom is 0.305 e. The Labute approximate surface area is 100 Å². The number of amides is 1. The van der Waals surface area contributed by atoms with E-state index in [-0.39, 0.29) is 25.0 Å². The van der Waals surface area contributed by atoms with Gasteiger partial charge in [0.05, 0.1) is 12.5 Å². The Bertz CT molecular complexity index is 283. The van der Waals surface area contributed by atoms with E-state index in [4.69, 9.17) is 10.8 Å². The van der Waals surface area contributed by atoms with Crippen LogP contribution in [0.2, 0.25) is 0 Å². The van der Waals surface area contributed by atoms with Gasteiger partial charge in [0.1, 0.15) is 0 Å². The summed E-state index contributed by atoms with van der Waals surface area (Å²) in [6, 6.07) is -1.10. The van der Waals surface area contributed by atoms with E-state index < -0.39 is 17.9 Å². The highest BCUT2D eigenvalue weighted by molar-refractivity contribution is 5.86. The van der Waals surface area contributed by atoms with E-state index in [9.17, 15) is 14.7 Å². The first-order valence-electron chi connectivity index (χ1n) is 5.93. The van der Waals surface area contributed by atoms with Gasteiger partial charge in [-0.2, -0.15) is 0 Å². The van der Waals surface area contributed by atoms with E-state index in [0.717, 1.165) is 25.7 Å². The topological polar surface area (TPSA) is 113 Å². The monoisotopic (exact) mass is 244 g/mol. The quantitative estimate of drug-likeness (QED) is 0.518. The zero-order chi connectivity index (χ0) is 12.8. The molecule has 1 saturated carbocycles. The number of carboxylic acid groups (broad SMARTS) is 1. The van der Waals surface area contributed by atoms with Gasteiger partial charge in [0.2, 0.25) is 5.91 Å². The molecule has 0 aromatic heterocycles. The van der Waals surface area contributed by atoms with Crippen molar-refractivity contribution in [2.24, 2.45) is 11.7 Å². The van der Waals surface area contributed by atoms with E-state index >= 15 is 0 Å². The third-order valence-electron chi connectivity index (χ3n) is 3.20. The van der Waals surface area contributed by atoms with Crippen LogP contribution in [0.4, 0.5) is 0 Å². The van der Waals surface area contributed by atoms with Crippen LogP contribution < -0.4 is 11.1 Å². The number of rotatable bonds is 5. The molecule has 0 aromatic carbocycles. The molecular weight excluding hydrogens is 224 g/mol. The molecule has 1 rings (SSSR count). The van der Waals surface area contributed by atoms with Crippen molar-refractivity contribution in [3.05, 3.63) is 0 Å². The summed E-state index contributed by atoms with van der Waals surface area (Å²) in [5, 5.41) is 20.5. The zero-order valence-electron chi connectivity index (χ0n) is 9.76. The van der Waals surface area contributed by atoms with Gasteiger partial charge >= 0.3 is 5.97 Å². The third kappa shape index (κ3) is 4.32. The summed E-state index contributed by atoms with van der Waals surface area (Å²) in [6.45, 7) is 0.0408. The summed E-state index contributed by atoms with van der Waals surface area (Å²) < 4.78 is 0. The fourth-order valence-electron chi connectivity index (χ4n) is 2.19. The van der Waals surface area contributed by atoms with Crippen molar-refractivity contribution in [3.8, 4) is 0 Å². The molecule has 0 radical (unpaired) electrons. The van der Waals surface area contributed by atoms with Gasteiger partial charge in [0.15, 0.2) is 0 Å². The number of nitrogens with two attached hydrogens (primary N) is 1. The van der Waals surface area contributed by atoms with Gasteiger partial charge in [0.25, 0.3) is 0 Å². The van der Waals surface area contributed by atoms with Crippen molar-refractivity contribution < 1.29 is 19.8 Å². The highest BCUT2D eigenvalue weighted by Gasteiger charge is 2.27. The summed E-state index contributed by atoms with van der Waals surface area (Å²) in [5.74, 6) is -1.47. The molecule has 3 unspecified atom stereocenters. The fraction of sp³-hybridized carbons (Fsp3) is 0.818. The largest absolute Gasteiger partial charge is 0.481 e. The van der Waals surface area contributed by atoms with Gasteiger partial charge in [-0.15, -0.1) is 0 Å². The molecule has 0 heterocycles. The van der Waals surface area contributed by atoms with E-state index in [1.54, 1.807) is 0 Å². The molecule has 6 nitrogen and oxygen atoms in total. The first-order valence-corrected chi connectivity index (χ1v) is 5.93. The normalized spacial score (nSPS) is 26.2. The van der Waals surface area contributed by atoms with Gasteiger partial charge in [-0.25, -0.2) is 0 Å². The Morgan fingerprint density at radius 2 is 2.00 bits per heavy atom. The average Bonchev–Trinajstić information content (AvgIpc) is 2.28. The van der Waals surface area contributed by atoms with Gasteiger partial charge in [-0.3, -0.25) is 9.59 Å². The molecule has 0 spiro atoms. The molecule has 1 amide bonds. The smallest absolute Gasteiger partial charge is 0.305 e. The maximum absolute atomic E-state index is 11.6. The summed E-state index contributed by atoms with van der Waals surface area (Å²) in [4.78, 5) is 22.1. The minimum absolute atomic E-state index is 0.0408. The SMILES string of the molecule is NC(CC(=O)O)C(=O)NC1CCCCC1CO. The first-order chi connectivity index (χ1) is 8.04. The predicted octanol–water partition coefficient (Wildman–Crippen LogP) is -0.544. The number of hydrogen-bond donors (Lipinski definition) is 4. The second-order valence-corrected chi connectivity index (χ2v) is 4.55. The number of carbonyl (C=O) groups excluding carboxylic acids is 1. The summed E-state index contributed by atoms with van der Waals surface area (Å²) in [6.07, 6.45) is 3.39. The van der Waals surface area contributed by atoms with Crippen molar-refractivity contribution in [1.82, 2.24) is 5.32 Å². The summed E-state index contributed by atoms with van der Waals surface area (Å²) in [7, 11) is 0. The van der Waals surface area contributed by atoms with Crippen LogP contribution in [0.1, 0.15) is 32.1 Å². The van der Waals surface area contributed by atoms with Crippen LogP contribution in [-0.2, 0) is 9.59 Å². The molecule has 0 aromatic rings. The first kappa shape index (κ1) is 13.9. The lowest BCUT2D eigenvalue weighted by molar-refractivity contribution is -0.139. The third-order valence-corrected chi connectivity index (χ3v) is 3.20. The van der Waals surface area contributed by atoms with Gasteiger partial charge in [-0.1, -0.05) is 12.8 Å². The molecule has 5 N–H and O–H groups in total. The van der Waals surface area contributed by atoms with Crippen LogP contribution in [0.25, 0.3) is 0 Å². The summed E-state index contributed by atoms with van der Waals surface area (Å²) in [5.41, 5.74) is 5.47. The number of aliphatic carboxylic acids is 1. The number of nitrogens with one attached hydrogen (secondary N) is 1. The molecule has 1 aliphatic carbocycles. The van der Waals surface area contributed by atoms with Crippen molar-refractivity contribution >= 4 is 11.9 Å². The second-order valence-electron chi connectivity index (χ2n) is 4.55. The molecule has 3 atom stereocenters. The van der Waals surface area contributed by atoms with Crippen LogP contribution in [-0.4, -0.2) is 40.8 Å². The van der Waals surface area contributed by atoms with Crippen LogP contribution in [0, 0.1) is 5.92 Å². The molecule has 1 aliphatic rings.